The molecule has 2 aromatic rings. The zero-order valence-corrected chi connectivity index (χ0v) is 9.68. The molecule has 18 heavy (non-hydrogen) atoms. The number of carbonyl (C=O) groups excluding carboxylic acids is 1. The van der Waals surface area contributed by atoms with Gasteiger partial charge in [0.25, 0.3) is 6.47 Å². The van der Waals surface area contributed by atoms with E-state index in [0.29, 0.717) is 11.9 Å². The van der Waals surface area contributed by atoms with Crippen LogP contribution in [0.15, 0.2) is 23.6 Å². The van der Waals surface area contributed by atoms with Crippen LogP contribution < -0.4 is 4.74 Å². The zero-order valence-electron chi connectivity index (χ0n) is 8.86. The number of hydrogen-bond donors (Lipinski definition) is 0. The predicted octanol–water partition coefficient (Wildman–Crippen LogP) is 3.47. The van der Waals surface area contributed by atoms with Gasteiger partial charge in [0.2, 0.25) is 0 Å². The van der Waals surface area contributed by atoms with Gasteiger partial charge in [-0.15, -0.1) is 24.5 Å². The highest BCUT2D eigenvalue weighted by Crippen LogP contribution is 2.31. The van der Waals surface area contributed by atoms with Gasteiger partial charge in [-0.25, -0.2) is 0 Å². The Hall–Kier alpha value is -1.76. The molecule has 1 aromatic carbocycles. The first-order valence-corrected chi connectivity index (χ1v) is 5.69. The highest BCUT2D eigenvalue weighted by molar-refractivity contribution is 7.11. The van der Waals surface area contributed by atoms with Gasteiger partial charge in [0.1, 0.15) is 12.4 Å². The van der Waals surface area contributed by atoms with Crippen LogP contribution in [0, 0.1) is 0 Å². The summed E-state index contributed by atoms with van der Waals surface area (Å²) in [5.41, 5.74) is 0. The van der Waals surface area contributed by atoms with Gasteiger partial charge in [-0.3, -0.25) is 4.79 Å². The highest BCUT2D eigenvalue weighted by atomic mass is 32.1. The van der Waals surface area contributed by atoms with Crippen molar-refractivity contribution in [2.45, 2.75) is 13.0 Å². The van der Waals surface area contributed by atoms with Crippen molar-refractivity contribution in [2.75, 3.05) is 0 Å². The Bertz CT molecular complexity index is 562. The molecule has 0 amide bonds. The fourth-order valence-corrected chi connectivity index (χ4v) is 2.42. The number of benzene rings is 1. The van der Waals surface area contributed by atoms with E-state index in [-0.39, 0.29) is 12.4 Å². The minimum absolute atomic E-state index is 0.108. The Kier molecular flexibility index (Phi) is 3.42. The van der Waals surface area contributed by atoms with Crippen molar-refractivity contribution < 1.29 is 27.4 Å². The maximum absolute atomic E-state index is 12.0. The van der Waals surface area contributed by atoms with Gasteiger partial charge in [0.15, 0.2) is 0 Å². The van der Waals surface area contributed by atoms with Crippen LogP contribution in [-0.2, 0) is 16.1 Å². The van der Waals surface area contributed by atoms with Crippen LogP contribution in [0.2, 0.25) is 0 Å². The molecule has 0 fully saturated rings. The van der Waals surface area contributed by atoms with E-state index in [1.807, 2.05) is 0 Å². The van der Waals surface area contributed by atoms with Crippen molar-refractivity contribution in [3.63, 3.8) is 0 Å². The summed E-state index contributed by atoms with van der Waals surface area (Å²) >= 11 is 1.31. The van der Waals surface area contributed by atoms with E-state index < -0.39 is 6.36 Å². The molecular weight excluding hydrogens is 269 g/mol. The van der Waals surface area contributed by atoms with E-state index in [0.717, 1.165) is 10.3 Å². The Balaban J connectivity index is 2.28. The lowest BCUT2D eigenvalue weighted by Crippen LogP contribution is -2.16. The van der Waals surface area contributed by atoms with Gasteiger partial charge in [-0.05, 0) is 34.4 Å². The van der Waals surface area contributed by atoms with Crippen LogP contribution >= 0.6 is 11.3 Å². The van der Waals surface area contributed by atoms with Crippen molar-refractivity contribution in [2.24, 2.45) is 0 Å². The smallest absolute Gasteiger partial charge is 0.462 e. The molecule has 0 aliphatic carbocycles. The lowest BCUT2D eigenvalue weighted by Gasteiger charge is -2.08. The van der Waals surface area contributed by atoms with Gasteiger partial charge < -0.3 is 9.47 Å². The largest absolute Gasteiger partial charge is 0.573 e. The lowest BCUT2D eigenvalue weighted by atomic mass is 10.2. The molecule has 7 heteroatoms. The number of rotatable bonds is 4. The van der Waals surface area contributed by atoms with Crippen molar-refractivity contribution >= 4 is 28.6 Å². The highest BCUT2D eigenvalue weighted by Gasteiger charge is 2.31. The van der Waals surface area contributed by atoms with E-state index >= 15 is 0 Å². The van der Waals surface area contributed by atoms with Gasteiger partial charge in [0, 0.05) is 4.88 Å². The molecule has 0 radical (unpaired) electrons. The average Bonchev–Trinajstić information content (AvgIpc) is 2.66. The first-order chi connectivity index (χ1) is 8.49. The third-order valence-electron chi connectivity index (χ3n) is 2.17. The zero-order chi connectivity index (χ0) is 13.2. The topological polar surface area (TPSA) is 35.5 Å². The van der Waals surface area contributed by atoms with Gasteiger partial charge >= 0.3 is 6.36 Å². The van der Waals surface area contributed by atoms with Crippen molar-refractivity contribution in [3.05, 3.63) is 28.5 Å². The average molecular weight is 276 g/mol. The van der Waals surface area contributed by atoms with E-state index in [1.165, 1.54) is 29.5 Å². The second kappa shape index (κ2) is 4.85. The van der Waals surface area contributed by atoms with Gasteiger partial charge in [0.05, 0.1) is 0 Å². The Morgan fingerprint density at radius 3 is 2.78 bits per heavy atom. The molecule has 0 N–H and O–H groups in total. The van der Waals surface area contributed by atoms with Crippen LogP contribution in [-0.4, -0.2) is 12.8 Å². The van der Waals surface area contributed by atoms with Crippen molar-refractivity contribution in [3.8, 4) is 5.75 Å². The van der Waals surface area contributed by atoms with Crippen molar-refractivity contribution in [1.29, 1.82) is 0 Å². The Labute approximate surface area is 104 Å². The quantitative estimate of drug-likeness (QED) is 0.802. The molecule has 3 nitrogen and oxygen atoms in total. The van der Waals surface area contributed by atoms with Crippen LogP contribution in [0.25, 0.3) is 10.8 Å². The van der Waals surface area contributed by atoms with Crippen LogP contribution in [0.5, 0.6) is 5.75 Å². The molecule has 0 aliphatic heterocycles. The van der Waals surface area contributed by atoms with E-state index in [2.05, 4.69) is 9.47 Å². The number of thiophene rings is 1. The minimum atomic E-state index is -4.70. The third kappa shape index (κ3) is 2.92. The Morgan fingerprint density at radius 1 is 1.33 bits per heavy atom. The molecule has 0 aliphatic rings. The van der Waals surface area contributed by atoms with E-state index in [4.69, 9.17) is 0 Å². The summed E-state index contributed by atoms with van der Waals surface area (Å²) < 4.78 is 44.5. The van der Waals surface area contributed by atoms with Gasteiger partial charge in [-0.1, -0.05) is 0 Å². The second-order valence-corrected chi connectivity index (χ2v) is 4.33. The first-order valence-electron chi connectivity index (χ1n) is 4.81. The molecule has 1 aromatic heterocycles. The predicted molar refractivity (Wildman–Crippen MR) is 59.4 cm³/mol. The third-order valence-corrected chi connectivity index (χ3v) is 3.16. The number of hydrogen-bond acceptors (Lipinski definition) is 4. The molecule has 96 valence electrons. The standard InChI is InChI=1S/C11H7F3O3S/c12-11(13,14)17-8-1-2-9-7(3-8)5-18-10(9)4-16-6-15/h1-3,5-6H,4H2. The number of halogens is 3. The summed E-state index contributed by atoms with van der Waals surface area (Å²) in [4.78, 5) is 10.9. The number of carbonyl (C=O) groups is 1. The Morgan fingerprint density at radius 2 is 2.11 bits per heavy atom. The molecule has 0 bridgehead atoms. The second-order valence-electron chi connectivity index (χ2n) is 3.36. The van der Waals surface area contributed by atoms with Crippen molar-refractivity contribution in [1.82, 2.24) is 0 Å². The van der Waals surface area contributed by atoms with E-state index in [9.17, 15) is 18.0 Å². The monoisotopic (exact) mass is 276 g/mol. The molecule has 0 saturated heterocycles. The maximum atomic E-state index is 12.0. The summed E-state index contributed by atoms with van der Waals surface area (Å²) in [6.07, 6.45) is -4.70. The molecule has 0 unspecified atom stereocenters. The van der Waals surface area contributed by atoms with Crippen LogP contribution in [0.3, 0.4) is 0 Å². The molecule has 0 atom stereocenters. The number of alkyl halides is 3. The number of fused-ring (bicyclic) bond motifs is 1. The first kappa shape index (κ1) is 12.7. The molecule has 0 spiro atoms. The van der Waals surface area contributed by atoms with E-state index in [1.54, 1.807) is 5.38 Å². The maximum Gasteiger partial charge on any atom is 0.573 e. The fourth-order valence-electron chi connectivity index (χ4n) is 1.51. The molecule has 0 saturated carbocycles. The molecule has 2 rings (SSSR count). The summed E-state index contributed by atoms with van der Waals surface area (Å²) in [6.45, 7) is 0.434. The summed E-state index contributed by atoms with van der Waals surface area (Å²) in [7, 11) is 0. The van der Waals surface area contributed by atoms with Crippen LogP contribution in [0.4, 0.5) is 13.2 Å². The molecule has 1 heterocycles. The van der Waals surface area contributed by atoms with Crippen LogP contribution in [0.1, 0.15) is 4.88 Å². The minimum Gasteiger partial charge on any atom is -0.462 e. The normalized spacial score (nSPS) is 11.5. The fraction of sp³-hybridized carbons (Fsp3) is 0.182. The number of ether oxygens (including phenoxy) is 2. The SMILES string of the molecule is O=COCc1scc2cc(OC(F)(F)F)ccc12. The summed E-state index contributed by atoms with van der Waals surface area (Å²) in [5, 5.41) is 3.05. The summed E-state index contributed by atoms with van der Waals surface area (Å²) in [6, 6.07) is 4.03. The van der Waals surface area contributed by atoms with Gasteiger partial charge in [-0.2, -0.15) is 0 Å². The lowest BCUT2D eigenvalue weighted by molar-refractivity contribution is -0.274. The summed E-state index contributed by atoms with van der Waals surface area (Å²) in [5.74, 6) is -0.268. The molecular formula is C11H7F3O3S.